The molecule has 1 aliphatic carbocycles. The van der Waals surface area contributed by atoms with Gasteiger partial charge >= 0.3 is 0 Å². The largest absolute Gasteiger partial charge is 0.390 e. The minimum Gasteiger partial charge on any atom is -0.390 e. The van der Waals surface area contributed by atoms with E-state index in [9.17, 15) is 5.11 Å². The van der Waals surface area contributed by atoms with E-state index in [0.717, 1.165) is 37.8 Å². The smallest absolute Gasteiger partial charge is 0.0936 e. The average molecular weight is 224 g/mol. The van der Waals surface area contributed by atoms with Gasteiger partial charge in [-0.15, -0.1) is 0 Å². The van der Waals surface area contributed by atoms with Gasteiger partial charge in [0.2, 0.25) is 0 Å². The Labute approximate surface area is 96.2 Å². The summed E-state index contributed by atoms with van der Waals surface area (Å²) < 4.78 is 7.32. The van der Waals surface area contributed by atoms with Gasteiger partial charge in [-0.3, -0.25) is 4.68 Å². The molecule has 0 aromatic carbocycles. The lowest BCUT2D eigenvalue weighted by atomic mass is 9.74. The SMILES string of the molecule is COC1(C(O)CCc2ccnn2C)CCC1. The number of aliphatic hydroxyl groups is 1. The van der Waals surface area contributed by atoms with Crippen molar-refractivity contribution in [2.24, 2.45) is 7.05 Å². The molecule has 4 nitrogen and oxygen atoms in total. The average Bonchev–Trinajstić information content (AvgIpc) is 2.60. The number of aliphatic hydroxyl groups excluding tert-OH is 1. The van der Waals surface area contributed by atoms with Crippen molar-refractivity contribution in [2.45, 2.75) is 43.8 Å². The van der Waals surface area contributed by atoms with Crippen LogP contribution in [0.25, 0.3) is 0 Å². The molecule has 0 bridgehead atoms. The normalized spacial score (nSPS) is 20.4. The van der Waals surface area contributed by atoms with Gasteiger partial charge in [-0.25, -0.2) is 0 Å². The van der Waals surface area contributed by atoms with E-state index in [1.807, 2.05) is 17.8 Å². The molecule has 1 atom stereocenters. The van der Waals surface area contributed by atoms with Crippen molar-refractivity contribution in [3.05, 3.63) is 18.0 Å². The summed E-state index contributed by atoms with van der Waals surface area (Å²) in [6.07, 6.45) is 6.15. The Morgan fingerprint density at radius 3 is 2.81 bits per heavy atom. The molecule has 1 aromatic rings. The summed E-state index contributed by atoms with van der Waals surface area (Å²) in [5.41, 5.74) is 0.892. The lowest BCUT2D eigenvalue weighted by molar-refractivity contribution is -0.151. The highest BCUT2D eigenvalue weighted by Gasteiger charge is 2.43. The van der Waals surface area contributed by atoms with Crippen molar-refractivity contribution < 1.29 is 9.84 Å². The van der Waals surface area contributed by atoms with E-state index in [-0.39, 0.29) is 11.7 Å². The molecule has 16 heavy (non-hydrogen) atoms. The van der Waals surface area contributed by atoms with Crippen LogP contribution in [0, 0.1) is 0 Å². The Morgan fingerprint density at radius 2 is 2.38 bits per heavy atom. The Balaban J connectivity index is 1.88. The van der Waals surface area contributed by atoms with E-state index in [2.05, 4.69) is 5.10 Å². The number of rotatable bonds is 5. The first-order valence-corrected chi connectivity index (χ1v) is 5.88. The summed E-state index contributed by atoms with van der Waals surface area (Å²) in [5.74, 6) is 0. The zero-order valence-electron chi connectivity index (χ0n) is 10.0. The summed E-state index contributed by atoms with van der Waals surface area (Å²) in [5, 5.41) is 14.3. The van der Waals surface area contributed by atoms with Crippen LogP contribution in [-0.4, -0.2) is 33.7 Å². The Kier molecular flexibility index (Phi) is 3.30. The van der Waals surface area contributed by atoms with Crippen molar-refractivity contribution in [3.63, 3.8) is 0 Å². The number of aryl methyl sites for hydroxylation is 2. The summed E-state index contributed by atoms with van der Waals surface area (Å²) in [6.45, 7) is 0. The molecule has 1 unspecified atom stereocenters. The standard InChI is InChI=1S/C12H20N2O2/c1-14-10(6-9-13-14)4-5-11(15)12(16-2)7-3-8-12/h6,9,11,15H,3-5,7-8H2,1-2H3. The molecule has 1 heterocycles. The first kappa shape index (κ1) is 11.6. The molecular formula is C12H20N2O2. The van der Waals surface area contributed by atoms with Crippen molar-refractivity contribution in [3.8, 4) is 0 Å². The highest BCUT2D eigenvalue weighted by Crippen LogP contribution is 2.39. The molecule has 0 amide bonds. The maximum Gasteiger partial charge on any atom is 0.0936 e. The number of nitrogens with zero attached hydrogens (tertiary/aromatic N) is 2. The van der Waals surface area contributed by atoms with Crippen LogP contribution in [0.1, 0.15) is 31.4 Å². The monoisotopic (exact) mass is 224 g/mol. The van der Waals surface area contributed by atoms with Gasteiger partial charge in [0.1, 0.15) is 0 Å². The molecule has 1 fully saturated rings. The molecule has 1 N–H and O–H groups in total. The molecule has 0 aliphatic heterocycles. The summed E-state index contributed by atoms with van der Waals surface area (Å²) in [6, 6.07) is 1.99. The van der Waals surface area contributed by atoms with Crippen LogP contribution in [0.4, 0.5) is 0 Å². The second-order valence-electron chi connectivity index (χ2n) is 4.62. The molecule has 4 heteroatoms. The molecule has 0 saturated heterocycles. The van der Waals surface area contributed by atoms with Gasteiger partial charge in [-0.05, 0) is 38.2 Å². The molecule has 90 valence electrons. The fraction of sp³-hybridized carbons (Fsp3) is 0.750. The molecule has 0 radical (unpaired) electrons. The number of methoxy groups -OCH3 is 1. The lowest BCUT2D eigenvalue weighted by Gasteiger charge is -2.44. The maximum atomic E-state index is 10.2. The van der Waals surface area contributed by atoms with Gasteiger partial charge in [0.05, 0.1) is 11.7 Å². The van der Waals surface area contributed by atoms with Gasteiger partial charge in [0, 0.05) is 26.0 Å². The third kappa shape index (κ3) is 1.99. The zero-order valence-corrected chi connectivity index (χ0v) is 10.0. The predicted octanol–water partition coefficient (Wildman–Crippen LogP) is 1.28. The molecule has 2 rings (SSSR count). The van der Waals surface area contributed by atoms with Crippen molar-refractivity contribution in [1.82, 2.24) is 9.78 Å². The summed E-state index contributed by atoms with van der Waals surface area (Å²) >= 11 is 0. The Bertz CT molecular complexity index is 339. The fourth-order valence-corrected chi connectivity index (χ4v) is 2.39. The lowest BCUT2D eigenvalue weighted by Crippen LogP contribution is -2.50. The van der Waals surface area contributed by atoms with Gasteiger partial charge in [-0.2, -0.15) is 5.10 Å². The second-order valence-corrected chi connectivity index (χ2v) is 4.62. The third-order valence-corrected chi connectivity index (χ3v) is 3.81. The van der Waals surface area contributed by atoms with Gasteiger partial charge in [-0.1, -0.05) is 0 Å². The fourth-order valence-electron chi connectivity index (χ4n) is 2.39. The maximum absolute atomic E-state index is 10.2. The number of aromatic nitrogens is 2. The summed E-state index contributed by atoms with van der Waals surface area (Å²) in [4.78, 5) is 0. The number of hydrogen-bond acceptors (Lipinski definition) is 3. The van der Waals surface area contributed by atoms with E-state index in [4.69, 9.17) is 4.74 Å². The van der Waals surface area contributed by atoms with Gasteiger partial charge in [0.25, 0.3) is 0 Å². The van der Waals surface area contributed by atoms with Gasteiger partial charge in [0.15, 0.2) is 0 Å². The zero-order chi connectivity index (χ0) is 11.6. The van der Waals surface area contributed by atoms with Crippen molar-refractivity contribution in [1.29, 1.82) is 0 Å². The molecule has 1 saturated carbocycles. The third-order valence-electron chi connectivity index (χ3n) is 3.81. The van der Waals surface area contributed by atoms with E-state index in [0.29, 0.717) is 0 Å². The highest BCUT2D eigenvalue weighted by atomic mass is 16.5. The highest BCUT2D eigenvalue weighted by molar-refractivity contribution is 5.02. The minimum absolute atomic E-state index is 0.265. The molecular weight excluding hydrogens is 204 g/mol. The topological polar surface area (TPSA) is 47.3 Å². The van der Waals surface area contributed by atoms with E-state index in [1.54, 1.807) is 13.3 Å². The van der Waals surface area contributed by atoms with Crippen LogP contribution < -0.4 is 0 Å². The quantitative estimate of drug-likeness (QED) is 0.819. The first-order valence-electron chi connectivity index (χ1n) is 5.88. The first-order chi connectivity index (χ1) is 7.68. The number of hydrogen-bond donors (Lipinski definition) is 1. The predicted molar refractivity (Wildman–Crippen MR) is 61.1 cm³/mol. The molecule has 1 aliphatic rings. The summed E-state index contributed by atoms with van der Waals surface area (Å²) in [7, 11) is 3.63. The van der Waals surface area contributed by atoms with E-state index in [1.165, 1.54) is 0 Å². The van der Waals surface area contributed by atoms with Crippen LogP contribution in [0.2, 0.25) is 0 Å². The molecule has 1 aromatic heterocycles. The van der Waals surface area contributed by atoms with Crippen LogP contribution in [0.5, 0.6) is 0 Å². The Hall–Kier alpha value is -0.870. The van der Waals surface area contributed by atoms with Gasteiger partial charge < -0.3 is 9.84 Å². The van der Waals surface area contributed by atoms with Crippen LogP contribution >= 0.6 is 0 Å². The van der Waals surface area contributed by atoms with Crippen molar-refractivity contribution in [2.75, 3.05) is 7.11 Å². The van der Waals surface area contributed by atoms with Crippen LogP contribution in [0.3, 0.4) is 0 Å². The van der Waals surface area contributed by atoms with Crippen LogP contribution in [-0.2, 0) is 18.2 Å². The second kappa shape index (κ2) is 4.55. The van der Waals surface area contributed by atoms with E-state index < -0.39 is 0 Å². The number of ether oxygens (including phenoxy) is 1. The van der Waals surface area contributed by atoms with Crippen molar-refractivity contribution >= 4 is 0 Å². The Morgan fingerprint density at radius 1 is 1.62 bits per heavy atom. The molecule has 0 spiro atoms. The van der Waals surface area contributed by atoms with Crippen LogP contribution in [0.15, 0.2) is 12.3 Å². The van der Waals surface area contributed by atoms with E-state index >= 15 is 0 Å². The minimum atomic E-state index is -0.360.